The summed E-state index contributed by atoms with van der Waals surface area (Å²) in [7, 11) is 0. The smallest absolute Gasteiger partial charge is 0.259 e. The van der Waals surface area contributed by atoms with Crippen molar-refractivity contribution >= 4 is 21.6 Å². The van der Waals surface area contributed by atoms with E-state index in [0.29, 0.717) is 25.5 Å². The summed E-state index contributed by atoms with van der Waals surface area (Å²) >= 11 is 1.66. The number of thiophene rings is 1. The third-order valence-corrected chi connectivity index (χ3v) is 5.34. The van der Waals surface area contributed by atoms with E-state index in [0.717, 1.165) is 29.5 Å². The minimum atomic E-state index is -0.431. The van der Waals surface area contributed by atoms with Crippen LogP contribution in [0.5, 0.6) is 0 Å². The zero-order valence-corrected chi connectivity index (χ0v) is 14.3. The number of aromatic amines is 1. The van der Waals surface area contributed by atoms with Gasteiger partial charge in [0.25, 0.3) is 5.56 Å². The highest BCUT2D eigenvalue weighted by Crippen LogP contribution is 2.33. The highest BCUT2D eigenvalue weighted by molar-refractivity contribution is 7.18. The SMILES string of the molecule is C=CCN(Cc1nc2sc3c(c2c(=O)[nH]1)CCCC3)CC(C)O. The summed E-state index contributed by atoms with van der Waals surface area (Å²) in [5.74, 6) is 0.656. The van der Waals surface area contributed by atoms with Crippen LogP contribution in [0.25, 0.3) is 10.2 Å². The molecule has 3 rings (SSSR count). The Balaban J connectivity index is 1.93. The molecular weight excluding hydrogens is 310 g/mol. The van der Waals surface area contributed by atoms with Gasteiger partial charge in [-0.05, 0) is 38.2 Å². The van der Waals surface area contributed by atoms with Crippen molar-refractivity contribution in [3.63, 3.8) is 0 Å². The van der Waals surface area contributed by atoms with E-state index in [4.69, 9.17) is 0 Å². The number of nitrogens with zero attached hydrogens (tertiary/aromatic N) is 2. The Morgan fingerprint density at radius 3 is 3.00 bits per heavy atom. The van der Waals surface area contributed by atoms with Crippen molar-refractivity contribution in [2.45, 2.75) is 45.3 Å². The second-order valence-electron chi connectivity index (χ2n) is 6.24. The van der Waals surface area contributed by atoms with Gasteiger partial charge in [-0.1, -0.05) is 6.08 Å². The fourth-order valence-corrected chi connectivity index (χ4v) is 4.54. The van der Waals surface area contributed by atoms with Crippen LogP contribution in [0.3, 0.4) is 0 Å². The molecule has 23 heavy (non-hydrogen) atoms. The van der Waals surface area contributed by atoms with E-state index in [1.54, 1.807) is 24.3 Å². The molecule has 1 aliphatic rings. The van der Waals surface area contributed by atoms with E-state index in [9.17, 15) is 9.90 Å². The largest absolute Gasteiger partial charge is 0.392 e. The zero-order chi connectivity index (χ0) is 16.4. The monoisotopic (exact) mass is 333 g/mol. The average molecular weight is 333 g/mol. The summed E-state index contributed by atoms with van der Waals surface area (Å²) in [6.07, 6.45) is 5.77. The van der Waals surface area contributed by atoms with Gasteiger partial charge in [0, 0.05) is 18.0 Å². The molecule has 1 atom stereocenters. The van der Waals surface area contributed by atoms with Crippen LogP contribution in [0.15, 0.2) is 17.4 Å². The maximum absolute atomic E-state index is 12.5. The number of aliphatic hydroxyl groups is 1. The van der Waals surface area contributed by atoms with Gasteiger partial charge in [-0.3, -0.25) is 9.69 Å². The molecule has 0 radical (unpaired) electrons. The third kappa shape index (κ3) is 3.54. The lowest BCUT2D eigenvalue weighted by molar-refractivity contribution is 0.128. The van der Waals surface area contributed by atoms with Gasteiger partial charge in [0.05, 0.1) is 18.0 Å². The molecule has 0 spiro atoms. The Morgan fingerprint density at radius 1 is 1.48 bits per heavy atom. The number of hydrogen-bond acceptors (Lipinski definition) is 5. The van der Waals surface area contributed by atoms with Crippen LogP contribution in [0.2, 0.25) is 0 Å². The summed E-state index contributed by atoms with van der Waals surface area (Å²) in [6, 6.07) is 0. The highest BCUT2D eigenvalue weighted by Gasteiger charge is 2.20. The lowest BCUT2D eigenvalue weighted by Crippen LogP contribution is -2.32. The van der Waals surface area contributed by atoms with Gasteiger partial charge >= 0.3 is 0 Å². The molecule has 0 aromatic carbocycles. The molecule has 2 aromatic heterocycles. The van der Waals surface area contributed by atoms with Crippen molar-refractivity contribution in [2.24, 2.45) is 0 Å². The van der Waals surface area contributed by atoms with Gasteiger partial charge in [-0.2, -0.15) is 0 Å². The molecule has 0 amide bonds. The summed E-state index contributed by atoms with van der Waals surface area (Å²) in [5.41, 5.74) is 1.18. The first-order valence-corrected chi connectivity index (χ1v) is 8.95. The first-order chi connectivity index (χ1) is 11.1. The first-order valence-electron chi connectivity index (χ1n) is 8.13. The first kappa shape index (κ1) is 16.4. The lowest BCUT2D eigenvalue weighted by Gasteiger charge is -2.21. The van der Waals surface area contributed by atoms with Crippen molar-refractivity contribution < 1.29 is 5.11 Å². The maximum atomic E-state index is 12.5. The minimum Gasteiger partial charge on any atom is -0.392 e. The predicted molar refractivity (Wildman–Crippen MR) is 94.0 cm³/mol. The van der Waals surface area contributed by atoms with Gasteiger partial charge in [-0.15, -0.1) is 17.9 Å². The van der Waals surface area contributed by atoms with Crippen molar-refractivity contribution in [3.8, 4) is 0 Å². The molecule has 2 aromatic rings. The van der Waals surface area contributed by atoms with Crippen LogP contribution < -0.4 is 5.56 Å². The van der Waals surface area contributed by atoms with E-state index >= 15 is 0 Å². The number of fused-ring (bicyclic) bond motifs is 3. The van der Waals surface area contributed by atoms with E-state index < -0.39 is 6.10 Å². The summed E-state index contributed by atoms with van der Waals surface area (Å²) in [5, 5.41) is 10.4. The highest BCUT2D eigenvalue weighted by atomic mass is 32.1. The van der Waals surface area contributed by atoms with Crippen LogP contribution in [0, 0.1) is 0 Å². The van der Waals surface area contributed by atoms with Crippen LogP contribution >= 0.6 is 11.3 Å². The van der Waals surface area contributed by atoms with Crippen LogP contribution in [0.1, 0.15) is 36.0 Å². The molecule has 0 bridgehead atoms. The molecule has 2 heterocycles. The molecule has 0 aliphatic heterocycles. The molecular formula is C17H23N3O2S. The Kier molecular flexibility index (Phi) is 4.94. The van der Waals surface area contributed by atoms with E-state index in [1.807, 2.05) is 4.90 Å². The fraction of sp³-hybridized carbons (Fsp3) is 0.529. The predicted octanol–water partition coefficient (Wildman–Crippen LogP) is 2.23. The fourth-order valence-electron chi connectivity index (χ4n) is 3.26. The van der Waals surface area contributed by atoms with E-state index in [-0.39, 0.29) is 5.56 Å². The molecule has 1 unspecified atom stereocenters. The van der Waals surface area contributed by atoms with Crippen LogP contribution in [-0.4, -0.2) is 39.2 Å². The third-order valence-electron chi connectivity index (χ3n) is 4.16. The van der Waals surface area contributed by atoms with Gasteiger partial charge in [-0.25, -0.2) is 4.98 Å². The number of aliphatic hydroxyl groups excluding tert-OH is 1. The number of hydrogen-bond donors (Lipinski definition) is 2. The maximum Gasteiger partial charge on any atom is 0.259 e. The quantitative estimate of drug-likeness (QED) is 0.796. The molecule has 0 saturated carbocycles. The molecule has 5 nitrogen and oxygen atoms in total. The van der Waals surface area contributed by atoms with Crippen LogP contribution in [0.4, 0.5) is 0 Å². The molecule has 2 N–H and O–H groups in total. The second-order valence-corrected chi connectivity index (χ2v) is 7.32. The Labute approximate surface area is 139 Å². The zero-order valence-electron chi connectivity index (χ0n) is 13.5. The van der Waals surface area contributed by atoms with Gasteiger partial charge < -0.3 is 10.1 Å². The molecule has 1 aliphatic carbocycles. The van der Waals surface area contributed by atoms with Crippen LogP contribution in [-0.2, 0) is 19.4 Å². The van der Waals surface area contributed by atoms with E-state index in [2.05, 4.69) is 16.5 Å². The molecule has 0 saturated heterocycles. The summed E-state index contributed by atoms with van der Waals surface area (Å²) in [6.45, 7) is 7.17. The average Bonchev–Trinajstić information content (AvgIpc) is 2.85. The summed E-state index contributed by atoms with van der Waals surface area (Å²) in [4.78, 5) is 24.3. The van der Waals surface area contributed by atoms with Gasteiger partial charge in [0.2, 0.25) is 0 Å². The number of rotatable bonds is 6. The van der Waals surface area contributed by atoms with Crippen molar-refractivity contribution in [2.75, 3.05) is 13.1 Å². The van der Waals surface area contributed by atoms with Crippen molar-refractivity contribution in [1.29, 1.82) is 0 Å². The van der Waals surface area contributed by atoms with Crippen molar-refractivity contribution in [3.05, 3.63) is 39.3 Å². The number of aromatic nitrogens is 2. The molecule has 124 valence electrons. The second kappa shape index (κ2) is 6.95. The molecule has 6 heteroatoms. The summed E-state index contributed by atoms with van der Waals surface area (Å²) < 4.78 is 0. The minimum absolute atomic E-state index is 0.0278. The number of H-pyrrole nitrogens is 1. The van der Waals surface area contributed by atoms with Gasteiger partial charge in [0.1, 0.15) is 10.7 Å². The van der Waals surface area contributed by atoms with Gasteiger partial charge in [0.15, 0.2) is 0 Å². The lowest BCUT2D eigenvalue weighted by atomic mass is 9.97. The Hall–Kier alpha value is -1.50. The number of nitrogens with one attached hydrogen (secondary N) is 1. The number of aryl methyl sites for hydroxylation is 2. The van der Waals surface area contributed by atoms with E-state index in [1.165, 1.54) is 16.9 Å². The topological polar surface area (TPSA) is 69.2 Å². The molecule has 0 fully saturated rings. The Bertz CT molecular complexity index is 763. The Morgan fingerprint density at radius 2 is 2.26 bits per heavy atom. The standard InChI is InChI=1S/C17H23N3O2S/c1-3-8-20(9-11(2)21)10-14-18-16(22)15-12-6-4-5-7-13(12)23-17(15)19-14/h3,11,21H,1,4-10H2,2H3,(H,18,19,22). The normalized spacial score (nSPS) is 15.8. The van der Waals surface area contributed by atoms with Crippen molar-refractivity contribution in [1.82, 2.24) is 14.9 Å².